The van der Waals surface area contributed by atoms with Gasteiger partial charge in [0.05, 0.1) is 15.5 Å². The molecule has 10 nitrogen and oxygen atoms in total. The fourth-order valence-corrected chi connectivity index (χ4v) is 6.47. The molecule has 0 bridgehead atoms. The number of anilines is 1. The molecule has 0 aliphatic heterocycles. The van der Waals surface area contributed by atoms with Crippen LogP contribution in [0.25, 0.3) is 0 Å². The zero-order valence-electron chi connectivity index (χ0n) is 25.5. The summed E-state index contributed by atoms with van der Waals surface area (Å²) in [6.45, 7) is 3.18. The van der Waals surface area contributed by atoms with Crippen LogP contribution in [0.4, 0.5) is 11.4 Å². The molecule has 0 aromatic heterocycles. The molecular formula is C34H35BrN4O6S. The van der Waals surface area contributed by atoms with Crippen LogP contribution in [0.1, 0.15) is 31.4 Å². The first-order chi connectivity index (χ1) is 22.0. The second-order valence-corrected chi connectivity index (χ2v) is 13.5. The Balaban J connectivity index is 1.81. The van der Waals surface area contributed by atoms with Crippen molar-refractivity contribution in [2.75, 3.05) is 10.8 Å². The number of amides is 2. The Morgan fingerprint density at radius 2 is 1.46 bits per heavy atom. The van der Waals surface area contributed by atoms with E-state index in [2.05, 4.69) is 21.2 Å². The Morgan fingerprint density at radius 3 is 2.02 bits per heavy atom. The molecule has 0 spiro atoms. The molecule has 0 saturated heterocycles. The predicted octanol–water partition coefficient (Wildman–Crippen LogP) is 6.11. The summed E-state index contributed by atoms with van der Waals surface area (Å²) in [7, 11) is -4.31. The maximum atomic E-state index is 14.5. The molecule has 4 aromatic rings. The first-order valence-corrected chi connectivity index (χ1v) is 16.9. The van der Waals surface area contributed by atoms with Crippen molar-refractivity contribution in [3.63, 3.8) is 0 Å². The number of rotatable bonds is 14. The van der Waals surface area contributed by atoms with Gasteiger partial charge in [-0.3, -0.25) is 24.0 Å². The van der Waals surface area contributed by atoms with Crippen LogP contribution in [-0.4, -0.2) is 48.7 Å². The summed E-state index contributed by atoms with van der Waals surface area (Å²) in [4.78, 5) is 40.4. The number of sulfonamides is 1. The van der Waals surface area contributed by atoms with Crippen molar-refractivity contribution >= 4 is 49.1 Å². The third kappa shape index (κ3) is 8.79. The highest BCUT2D eigenvalue weighted by Gasteiger charge is 2.35. The van der Waals surface area contributed by atoms with Gasteiger partial charge in [-0.25, -0.2) is 8.42 Å². The molecule has 0 radical (unpaired) electrons. The van der Waals surface area contributed by atoms with Gasteiger partial charge in [-0.1, -0.05) is 83.5 Å². The Morgan fingerprint density at radius 1 is 0.870 bits per heavy atom. The Bertz CT molecular complexity index is 1740. The van der Waals surface area contributed by atoms with Crippen molar-refractivity contribution in [3.8, 4) is 0 Å². The Labute approximate surface area is 277 Å². The zero-order valence-corrected chi connectivity index (χ0v) is 27.9. The summed E-state index contributed by atoms with van der Waals surface area (Å²) in [5, 5.41) is 14.3. The van der Waals surface area contributed by atoms with E-state index in [1.807, 2.05) is 68.4 Å². The second kappa shape index (κ2) is 15.6. The van der Waals surface area contributed by atoms with Crippen molar-refractivity contribution in [1.29, 1.82) is 0 Å². The fourth-order valence-electron chi connectivity index (χ4n) is 4.77. The van der Waals surface area contributed by atoms with Crippen molar-refractivity contribution in [2.45, 2.75) is 50.2 Å². The summed E-state index contributed by atoms with van der Waals surface area (Å²) in [6, 6.07) is 28.0. The van der Waals surface area contributed by atoms with Gasteiger partial charge in [0, 0.05) is 35.6 Å². The number of nitrogens with one attached hydrogen (secondary N) is 1. The fraction of sp³-hybridized carbons (Fsp3) is 0.235. The van der Waals surface area contributed by atoms with Crippen LogP contribution < -0.4 is 9.62 Å². The average Bonchev–Trinajstić information content (AvgIpc) is 3.06. The lowest BCUT2D eigenvalue weighted by Gasteiger charge is -2.34. The van der Waals surface area contributed by atoms with Gasteiger partial charge in [0.2, 0.25) is 11.8 Å². The van der Waals surface area contributed by atoms with E-state index in [9.17, 15) is 28.1 Å². The molecule has 2 atom stereocenters. The first-order valence-electron chi connectivity index (χ1n) is 14.7. The second-order valence-electron chi connectivity index (χ2n) is 10.8. The standard InChI is InChI=1S/C34H35BrN4O6S/c1-3-25(2)36-34(41)32(22-26-10-6-4-7-11-26)37(23-27-14-16-28(35)17-15-27)33(40)24-38(29-18-20-30(21-19-29)39(42)43)46(44,45)31-12-8-5-9-13-31/h4-21,25,32H,3,22-24H2,1-2H3,(H,36,41)/t25-,32-/m0/s1. The predicted molar refractivity (Wildman–Crippen MR) is 181 cm³/mol. The van der Waals surface area contributed by atoms with Gasteiger partial charge in [-0.2, -0.15) is 0 Å². The Kier molecular flexibility index (Phi) is 11.7. The highest BCUT2D eigenvalue weighted by molar-refractivity contribution is 9.10. The number of halogens is 1. The van der Waals surface area contributed by atoms with E-state index in [1.54, 1.807) is 18.2 Å². The summed E-state index contributed by atoms with van der Waals surface area (Å²) in [6.07, 6.45) is 0.863. The molecule has 0 unspecified atom stereocenters. The van der Waals surface area contributed by atoms with Crippen LogP contribution in [0.2, 0.25) is 0 Å². The van der Waals surface area contributed by atoms with Gasteiger partial charge in [-0.15, -0.1) is 0 Å². The topological polar surface area (TPSA) is 130 Å². The van der Waals surface area contributed by atoms with Crippen LogP contribution in [0.3, 0.4) is 0 Å². The van der Waals surface area contributed by atoms with Gasteiger partial charge in [0.25, 0.3) is 15.7 Å². The van der Waals surface area contributed by atoms with E-state index in [0.717, 1.165) is 19.9 Å². The number of nitro groups is 1. The van der Waals surface area contributed by atoms with Crippen LogP contribution in [0.5, 0.6) is 0 Å². The minimum Gasteiger partial charge on any atom is -0.352 e. The van der Waals surface area contributed by atoms with E-state index in [1.165, 1.54) is 41.3 Å². The van der Waals surface area contributed by atoms with Crippen molar-refractivity contribution < 1.29 is 22.9 Å². The highest BCUT2D eigenvalue weighted by Crippen LogP contribution is 2.27. The molecule has 0 fully saturated rings. The van der Waals surface area contributed by atoms with E-state index in [0.29, 0.717) is 6.42 Å². The molecular weight excluding hydrogens is 672 g/mol. The van der Waals surface area contributed by atoms with Gasteiger partial charge < -0.3 is 10.2 Å². The lowest BCUT2D eigenvalue weighted by atomic mass is 10.0. The van der Waals surface area contributed by atoms with Crippen molar-refractivity contribution in [3.05, 3.63) is 135 Å². The quantitative estimate of drug-likeness (QED) is 0.124. The number of non-ortho nitro benzene ring substituents is 1. The van der Waals surface area contributed by atoms with Crippen molar-refractivity contribution in [1.82, 2.24) is 10.2 Å². The largest absolute Gasteiger partial charge is 0.352 e. The summed E-state index contributed by atoms with van der Waals surface area (Å²) in [5.41, 5.74) is 1.40. The number of nitro benzene ring substituents is 1. The van der Waals surface area contributed by atoms with Crippen LogP contribution in [0, 0.1) is 10.1 Å². The van der Waals surface area contributed by atoms with Crippen molar-refractivity contribution in [2.24, 2.45) is 0 Å². The molecule has 240 valence electrons. The minimum atomic E-state index is -4.31. The van der Waals surface area contributed by atoms with Crippen LogP contribution in [0.15, 0.2) is 119 Å². The number of benzene rings is 4. The number of carbonyl (C=O) groups excluding carboxylic acids is 2. The van der Waals surface area contributed by atoms with Crippen LogP contribution >= 0.6 is 15.9 Å². The maximum Gasteiger partial charge on any atom is 0.269 e. The van der Waals surface area contributed by atoms with E-state index in [-0.39, 0.29) is 41.2 Å². The Hall–Kier alpha value is -4.55. The summed E-state index contributed by atoms with van der Waals surface area (Å²) >= 11 is 3.43. The first kappa shape index (κ1) is 34.3. The number of carbonyl (C=O) groups is 2. The maximum absolute atomic E-state index is 14.5. The molecule has 4 aromatic carbocycles. The molecule has 0 heterocycles. The molecule has 4 rings (SSSR count). The summed E-state index contributed by atoms with van der Waals surface area (Å²) in [5.74, 6) is -0.988. The SMILES string of the molecule is CC[C@H](C)NC(=O)[C@H](Cc1ccccc1)N(Cc1ccc(Br)cc1)C(=O)CN(c1ccc([N+](=O)[O-])cc1)S(=O)(=O)c1ccccc1. The van der Waals surface area contributed by atoms with Gasteiger partial charge in [0.15, 0.2) is 0 Å². The van der Waals surface area contributed by atoms with Gasteiger partial charge in [-0.05, 0) is 60.9 Å². The van der Waals surface area contributed by atoms with Gasteiger partial charge in [0.1, 0.15) is 12.6 Å². The normalized spacial score (nSPS) is 12.5. The molecule has 46 heavy (non-hydrogen) atoms. The highest BCUT2D eigenvalue weighted by atomic mass is 79.9. The number of nitrogens with zero attached hydrogens (tertiary/aromatic N) is 3. The lowest BCUT2D eigenvalue weighted by molar-refractivity contribution is -0.384. The zero-order chi connectivity index (χ0) is 33.3. The molecule has 1 N–H and O–H groups in total. The monoisotopic (exact) mass is 706 g/mol. The van der Waals surface area contributed by atoms with E-state index < -0.39 is 33.4 Å². The average molecular weight is 708 g/mol. The van der Waals surface area contributed by atoms with Crippen LogP contribution in [-0.2, 0) is 32.6 Å². The number of hydrogen-bond acceptors (Lipinski definition) is 6. The smallest absolute Gasteiger partial charge is 0.269 e. The number of hydrogen-bond donors (Lipinski definition) is 1. The van der Waals surface area contributed by atoms with Gasteiger partial charge >= 0.3 is 0 Å². The lowest BCUT2D eigenvalue weighted by Crippen LogP contribution is -2.54. The molecule has 0 aliphatic rings. The third-order valence-electron chi connectivity index (χ3n) is 7.50. The molecule has 0 saturated carbocycles. The molecule has 12 heteroatoms. The van der Waals surface area contributed by atoms with E-state index in [4.69, 9.17) is 0 Å². The van der Waals surface area contributed by atoms with E-state index >= 15 is 0 Å². The molecule has 2 amide bonds. The minimum absolute atomic E-state index is 0.0248. The third-order valence-corrected chi connectivity index (χ3v) is 9.81. The molecule has 0 aliphatic carbocycles. The summed E-state index contributed by atoms with van der Waals surface area (Å²) < 4.78 is 29.8.